The number of halogens is 2. The Kier molecular flexibility index (Phi) is 5.10. The Bertz CT molecular complexity index is 1230. The summed E-state index contributed by atoms with van der Waals surface area (Å²) in [7, 11) is 1.60. The van der Waals surface area contributed by atoms with Crippen LogP contribution >= 0.6 is 34.3 Å². The van der Waals surface area contributed by atoms with Crippen LogP contribution in [0.25, 0.3) is 20.3 Å². The molecule has 0 atom stereocenters. The van der Waals surface area contributed by atoms with Crippen LogP contribution in [0.4, 0.5) is 4.39 Å². The third-order valence-electron chi connectivity index (χ3n) is 4.09. The van der Waals surface area contributed by atoms with Crippen molar-refractivity contribution in [3.63, 3.8) is 0 Å². The smallest absolute Gasteiger partial charge is 0.291 e. The number of nitrogens with zero attached hydrogens (tertiary/aromatic N) is 2. The highest BCUT2D eigenvalue weighted by Gasteiger charge is 2.17. The van der Waals surface area contributed by atoms with Gasteiger partial charge in [0.2, 0.25) is 0 Å². The largest absolute Gasteiger partial charge is 0.383 e. The number of benzene rings is 2. The van der Waals surface area contributed by atoms with Crippen LogP contribution in [-0.2, 0) is 11.3 Å². The summed E-state index contributed by atoms with van der Waals surface area (Å²) >= 11 is 8.98. The van der Waals surface area contributed by atoms with E-state index in [1.807, 2.05) is 28.8 Å². The minimum Gasteiger partial charge on any atom is -0.383 e. The van der Waals surface area contributed by atoms with Gasteiger partial charge in [0, 0.05) is 23.7 Å². The number of aromatic nitrogens is 1. The van der Waals surface area contributed by atoms with E-state index in [0.717, 1.165) is 20.3 Å². The average molecular weight is 421 g/mol. The molecular formula is C19H14ClFN2O2S2. The van der Waals surface area contributed by atoms with Crippen molar-refractivity contribution in [2.45, 2.75) is 6.54 Å². The molecule has 0 unspecified atom stereocenters. The van der Waals surface area contributed by atoms with E-state index in [1.54, 1.807) is 13.2 Å². The average Bonchev–Trinajstić information content (AvgIpc) is 3.17. The van der Waals surface area contributed by atoms with Gasteiger partial charge in [0.1, 0.15) is 10.7 Å². The number of methoxy groups -OCH3 is 1. The number of fused-ring (bicyclic) bond motifs is 2. The van der Waals surface area contributed by atoms with Gasteiger partial charge in [0.25, 0.3) is 5.91 Å². The molecule has 4 nitrogen and oxygen atoms in total. The summed E-state index contributed by atoms with van der Waals surface area (Å²) in [5, 5.41) is 1.26. The highest BCUT2D eigenvalue weighted by atomic mass is 35.5. The summed E-state index contributed by atoms with van der Waals surface area (Å²) in [6.45, 7) is 0.961. The maximum absolute atomic E-state index is 13.6. The number of amides is 1. The zero-order valence-corrected chi connectivity index (χ0v) is 16.6. The van der Waals surface area contributed by atoms with Crippen molar-refractivity contribution in [2.24, 2.45) is 4.99 Å². The maximum Gasteiger partial charge on any atom is 0.291 e. The van der Waals surface area contributed by atoms with Crippen molar-refractivity contribution in [1.29, 1.82) is 0 Å². The second-order valence-electron chi connectivity index (χ2n) is 5.80. The van der Waals surface area contributed by atoms with Gasteiger partial charge in [-0.25, -0.2) is 4.39 Å². The molecule has 0 saturated carbocycles. The number of thiophene rings is 1. The Balaban J connectivity index is 1.85. The van der Waals surface area contributed by atoms with Gasteiger partial charge < -0.3 is 9.30 Å². The monoisotopic (exact) mass is 420 g/mol. The highest BCUT2D eigenvalue weighted by molar-refractivity contribution is 7.21. The van der Waals surface area contributed by atoms with E-state index >= 15 is 0 Å². The lowest BCUT2D eigenvalue weighted by Gasteiger charge is -2.04. The van der Waals surface area contributed by atoms with Crippen LogP contribution in [0.3, 0.4) is 0 Å². The molecule has 0 aliphatic rings. The van der Waals surface area contributed by atoms with E-state index in [9.17, 15) is 9.18 Å². The molecule has 0 radical (unpaired) electrons. The molecule has 138 valence electrons. The predicted octanol–water partition coefficient (Wildman–Crippen LogP) is 5.10. The van der Waals surface area contributed by atoms with Crippen LogP contribution in [0, 0.1) is 5.82 Å². The zero-order chi connectivity index (χ0) is 19.0. The molecule has 0 aliphatic heterocycles. The Labute approximate surface area is 167 Å². The quantitative estimate of drug-likeness (QED) is 0.461. The number of ether oxygens (including phenoxy) is 1. The fourth-order valence-corrected chi connectivity index (χ4v) is 5.30. The topological polar surface area (TPSA) is 43.6 Å². The van der Waals surface area contributed by atoms with Crippen molar-refractivity contribution >= 4 is 60.5 Å². The highest BCUT2D eigenvalue weighted by Crippen LogP contribution is 2.35. The molecule has 2 aromatic carbocycles. The summed E-state index contributed by atoms with van der Waals surface area (Å²) in [5.41, 5.74) is 0.812. The van der Waals surface area contributed by atoms with Gasteiger partial charge in [0.05, 0.1) is 21.8 Å². The predicted molar refractivity (Wildman–Crippen MR) is 108 cm³/mol. The summed E-state index contributed by atoms with van der Waals surface area (Å²) in [4.78, 5) is 18.0. The van der Waals surface area contributed by atoms with Crippen molar-refractivity contribution in [3.8, 4) is 0 Å². The molecule has 8 heteroatoms. The molecule has 0 aliphatic carbocycles. The van der Waals surface area contributed by atoms with Crippen molar-refractivity contribution in [3.05, 3.63) is 63.0 Å². The molecular weight excluding hydrogens is 407 g/mol. The van der Waals surface area contributed by atoms with Gasteiger partial charge in [-0.05, 0) is 24.3 Å². The second kappa shape index (κ2) is 7.52. The molecule has 27 heavy (non-hydrogen) atoms. The van der Waals surface area contributed by atoms with Crippen LogP contribution in [0.1, 0.15) is 9.67 Å². The molecule has 2 aromatic heterocycles. The molecule has 0 spiro atoms. The van der Waals surface area contributed by atoms with E-state index in [1.165, 1.54) is 34.8 Å². The van der Waals surface area contributed by atoms with E-state index < -0.39 is 5.91 Å². The van der Waals surface area contributed by atoms with E-state index in [2.05, 4.69) is 4.99 Å². The van der Waals surface area contributed by atoms with Crippen LogP contribution in [0.5, 0.6) is 0 Å². The fraction of sp³-hybridized carbons (Fsp3) is 0.158. The first-order chi connectivity index (χ1) is 13.1. The van der Waals surface area contributed by atoms with Crippen molar-refractivity contribution < 1.29 is 13.9 Å². The number of carbonyl (C=O) groups is 1. The lowest BCUT2D eigenvalue weighted by Crippen LogP contribution is -2.19. The first-order valence-electron chi connectivity index (χ1n) is 8.12. The number of carbonyl (C=O) groups excluding carboxylic acids is 1. The fourth-order valence-electron chi connectivity index (χ4n) is 2.82. The molecule has 0 fully saturated rings. The maximum atomic E-state index is 13.6. The first-order valence-corrected chi connectivity index (χ1v) is 10.1. The lowest BCUT2D eigenvalue weighted by molar-refractivity contribution is 0.100. The summed E-state index contributed by atoms with van der Waals surface area (Å²) in [6, 6.07) is 12.1. The standard InChI is InChI=1S/C19H14ClFN2O2S2/c1-25-9-8-23-13-7-6-11(21)10-15(13)27-19(23)22-18(24)17-16(20)12-4-2-3-5-14(12)26-17/h2-7,10H,8-9H2,1H3. The first kappa shape index (κ1) is 18.3. The van der Waals surface area contributed by atoms with Gasteiger partial charge in [-0.1, -0.05) is 41.1 Å². The normalized spacial score (nSPS) is 12.3. The summed E-state index contributed by atoms with van der Waals surface area (Å²) < 4.78 is 22.3. The van der Waals surface area contributed by atoms with Gasteiger partial charge in [-0.15, -0.1) is 11.3 Å². The van der Waals surface area contributed by atoms with E-state index in [0.29, 0.717) is 27.9 Å². The molecule has 4 aromatic rings. The van der Waals surface area contributed by atoms with Crippen molar-refractivity contribution in [2.75, 3.05) is 13.7 Å². The Morgan fingerprint density at radius 3 is 2.81 bits per heavy atom. The Hall–Kier alpha value is -2.06. The zero-order valence-electron chi connectivity index (χ0n) is 14.2. The molecule has 0 saturated heterocycles. The van der Waals surface area contributed by atoms with Crippen LogP contribution in [0.15, 0.2) is 47.5 Å². The Morgan fingerprint density at radius 1 is 1.22 bits per heavy atom. The third kappa shape index (κ3) is 3.43. The van der Waals surface area contributed by atoms with E-state index in [4.69, 9.17) is 16.3 Å². The SMILES string of the molecule is COCCn1c(=NC(=O)c2sc3ccccc3c2Cl)sc2cc(F)ccc21. The van der Waals surface area contributed by atoms with Crippen LogP contribution in [-0.4, -0.2) is 24.2 Å². The summed E-state index contributed by atoms with van der Waals surface area (Å²) in [5.74, 6) is -0.729. The lowest BCUT2D eigenvalue weighted by atomic mass is 10.2. The van der Waals surface area contributed by atoms with Crippen molar-refractivity contribution in [1.82, 2.24) is 4.57 Å². The van der Waals surface area contributed by atoms with Crippen LogP contribution in [0.2, 0.25) is 5.02 Å². The third-order valence-corrected chi connectivity index (χ3v) is 6.79. The Morgan fingerprint density at radius 2 is 2.04 bits per heavy atom. The number of hydrogen-bond donors (Lipinski definition) is 0. The second-order valence-corrected chi connectivity index (χ2v) is 8.24. The van der Waals surface area contributed by atoms with E-state index in [-0.39, 0.29) is 5.82 Å². The van der Waals surface area contributed by atoms with Crippen LogP contribution < -0.4 is 4.80 Å². The molecule has 0 N–H and O–H groups in total. The molecule has 2 heterocycles. The molecule has 4 rings (SSSR count). The molecule has 1 amide bonds. The van der Waals surface area contributed by atoms with Gasteiger partial charge in [-0.2, -0.15) is 4.99 Å². The van der Waals surface area contributed by atoms with Gasteiger partial charge in [-0.3, -0.25) is 4.79 Å². The van der Waals surface area contributed by atoms with Gasteiger partial charge in [0.15, 0.2) is 4.80 Å². The number of rotatable bonds is 4. The minimum atomic E-state index is -0.403. The minimum absolute atomic E-state index is 0.326. The summed E-state index contributed by atoms with van der Waals surface area (Å²) in [6.07, 6.45) is 0. The number of thiazole rings is 1. The number of hydrogen-bond acceptors (Lipinski definition) is 4. The molecule has 0 bridgehead atoms. The van der Waals surface area contributed by atoms with Gasteiger partial charge >= 0.3 is 0 Å².